The Morgan fingerprint density at radius 1 is 1.21 bits per heavy atom. The Morgan fingerprint density at radius 2 is 2.00 bits per heavy atom. The summed E-state index contributed by atoms with van der Waals surface area (Å²) in [6.45, 7) is 13.4. The summed E-state index contributed by atoms with van der Waals surface area (Å²) in [5.41, 5.74) is 0.453. The highest BCUT2D eigenvalue weighted by atomic mass is 15.2. The number of likely N-dealkylation sites (N-methyl/N-ethyl adjacent to an activating group) is 1. The van der Waals surface area contributed by atoms with Crippen molar-refractivity contribution in [3.8, 4) is 0 Å². The van der Waals surface area contributed by atoms with Crippen molar-refractivity contribution in [1.29, 1.82) is 0 Å². The first-order valence-electron chi connectivity index (χ1n) is 8.19. The van der Waals surface area contributed by atoms with Gasteiger partial charge in [-0.15, -0.1) is 0 Å². The van der Waals surface area contributed by atoms with Gasteiger partial charge in [0.25, 0.3) is 0 Å². The minimum absolute atomic E-state index is 0.453. The first-order chi connectivity index (χ1) is 9.03. The van der Waals surface area contributed by atoms with Crippen molar-refractivity contribution in [3.05, 3.63) is 0 Å². The van der Waals surface area contributed by atoms with Gasteiger partial charge in [0.1, 0.15) is 0 Å². The van der Waals surface area contributed by atoms with Gasteiger partial charge in [-0.2, -0.15) is 0 Å². The molecule has 0 aromatic heterocycles. The van der Waals surface area contributed by atoms with Crippen molar-refractivity contribution in [2.24, 2.45) is 5.41 Å². The van der Waals surface area contributed by atoms with E-state index in [1.807, 2.05) is 0 Å². The molecular weight excluding hydrogens is 234 g/mol. The van der Waals surface area contributed by atoms with E-state index in [-0.39, 0.29) is 0 Å². The fraction of sp³-hybridized carbons (Fsp3) is 1.00. The van der Waals surface area contributed by atoms with Gasteiger partial charge in [-0.3, -0.25) is 4.90 Å². The molecule has 2 fully saturated rings. The second-order valence-electron chi connectivity index (χ2n) is 7.27. The van der Waals surface area contributed by atoms with Gasteiger partial charge in [-0.05, 0) is 57.8 Å². The van der Waals surface area contributed by atoms with E-state index in [2.05, 4.69) is 42.9 Å². The minimum Gasteiger partial charge on any atom is -0.312 e. The quantitative estimate of drug-likeness (QED) is 0.845. The molecule has 0 aromatic carbocycles. The molecule has 1 N–H and O–H groups in total. The van der Waals surface area contributed by atoms with Crippen LogP contribution < -0.4 is 5.32 Å². The monoisotopic (exact) mass is 267 g/mol. The molecule has 2 aliphatic heterocycles. The molecule has 0 bridgehead atoms. The van der Waals surface area contributed by atoms with Gasteiger partial charge < -0.3 is 10.2 Å². The Kier molecular flexibility index (Phi) is 5.27. The molecule has 0 aromatic rings. The SMILES string of the molecule is CCC1CN(C)CCCN1CC1NCCCC1(C)C. The fourth-order valence-corrected chi connectivity index (χ4v) is 3.74. The third-order valence-corrected chi connectivity index (χ3v) is 5.24. The average Bonchev–Trinajstić information content (AvgIpc) is 2.53. The molecule has 2 heterocycles. The molecular formula is C16H33N3. The summed E-state index contributed by atoms with van der Waals surface area (Å²) in [4.78, 5) is 5.27. The molecule has 2 atom stereocenters. The number of hydrogen-bond donors (Lipinski definition) is 1. The molecule has 0 spiro atoms. The molecule has 0 saturated carbocycles. The van der Waals surface area contributed by atoms with Crippen molar-refractivity contribution >= 4 is 0 Å². The largest absolute Gasteiger partial charge is 0.312 e. The lowest BCUT2D eigenvalue weighted by Crippen LogP contribution is -2.55. The second kappa shape index (κ2) is 6.55. The summed E-state index contributed by atoms with van der Waals surface area (Å²) in [6.07, 6.45) is 5.30. The summed E-state index contributed by atoms with van der Waals surface area (Å²) >= 11 is 0. The van der Waals surface area contributed by atoms with Crippen LogP contribution in [0.25, 0.3) is 0 Å². The summed E-state index contributed by atoms with van der Waals surface area (Å²) < 4.78 is 0. The maximum Gasteiger partial charge on any atom is 0.0246 e. The van der Waals surface area contributed by atoms with E-state index >= 15 is 0 Å². The van der Waals surface area contributed by atoms with Gasteiger partial charge in [-0.25, -0.2) is 0 Å². The molecule has 0 radical (unpaired) electrons. The topological polar surface area (TPSA) is 18.5 Å². The summed E-state index contributed by atoms with van der Waals surface area (Å²) in [5.74, 6) is 0. The maximum absolute atomic E-state index is 3.78. The third kappa shape index (κ3) is 3.93. The smallest absolute Gasteiger partial charge is 0.0246 e. The van der Waals surface area contributed by atoms with E-state index in [1.165, 1.54) is 58.4 Å². The molecule has 2 saturated heterocycles. The van der Waals surface area contributed by atoms with Crippen molar-refractivity contribution in [3.63, 3.8) is 0 Å². The van der Waals surface area contributed by atoms with E-state index in [1.54, 1.807) is 0 Å². The summed E-state index contributed by atoms with van der Waals surface area (Å²) in [5, 5.41) is 3.78. The Bertz CT molecular complexity index is 277. The van der Waals surface area contributed by atoms with E-state index in [4.69, 9.17) is 0 Å². The summed E-state index contributed by atoms with van der Waals surface area (Å²) in [6, 6.07) is 1.41. The van der Waals surface area contributed by atoms with Crippen LogP contribution in [0.2, 0.25) is 0 Å². The zero-order valence-corrected chi connectivity index (χ0v) is 13.4. The molecule has 19 heavy (non-hydrogen) atoms. The lowest BCUT2D eigenvalue weighted by Gasteiger charge is -2.43. The van der Waals surface area contributed by atoms with Gasteiger partial charge in [0.2, 0.25) is 0 Å². The Hall–Kier alpha value is -0.120. The van der Waals surface area contributed by atoms with Crippen LogP contribution in [-0.4, -0.2) is 61.7 Å². The molecule has 3 nitrogen and oxygen atoms in total. The normalized spacial score (nSPS) is 34.1. The highest BCUT2D eigenvalue weighted by Crippen LogP contribution is 2.31. The maximum atomic E-state index is 3.78. The first kappa shape index (κ1) is 15.3. The van der Waals surface area contributed by atoms with Crippen molar-refractivity contribution in [2.75, 3.05) is 39.8 Å². The van der Waals surface area contributed by atoms with Gasteiger partial charge in [-0.1, -0.05) is 20.8 Å². The highest BCUT2D eigenvalue weighted by Gasteiger charge is 2.34. The van der Waals surface area contributed by atoms with Crippen LogP contribution in [0.4, 0.5) is 0 Å². The second-order valence-corrected chi connectivity index (χ2v) is 7.27. The number of nitrogens with one attached hydrogen (secondary N) is 1. The van der Waals surface area contributed by atoms with E-state index in [0.29, 0.717) is 11.5 Å². The molecule has 3 heteroatoms. The van der Waals surface area contributed by atoms with Crippen LogP contribution >= 0.6 is 0 Å². The van der Waals surface area contributed by atoms with Crippen LogP contribution in [0.1, 0.15) is 46.5 Å². The lowest BCUT2D eigenvalue weighted by molar-refractivity contribution is 0.0993. The van der Waals surface area contributed by atoms with Gasteiger partial charge >= 0.3 is 0 Å². The number of rotatable bonds is 3. The zero-order chi connectivity index (χ0) is 13.9. The predicted octanol–water partition coefficient (Wildman–Crippen LogP) is 2.18. The Balaban J connectivity index is 1.98. The lowest BCUT2D eigenvalue weighted by atomic mass is 9.77. The Labute approximate surface area is 119 Å². The molecule has 0 aliphatic carbocycles. The molecule has 2 unspecified atom stereocenters. The molecule has 2 aliphatic rings. The number of piperidine rings is 1. The first-order valence-corrected chi connectivity index (χ1v) is 8.19. The zero-order valence-electron chi connectivity index (χ0n) is 13.4. The molecule has 0 amide bonds. The van der Waals surface area contributed by atoms with E-state index in [0.717, 1.165) is 6.04 Å². The van der Waals surface area contributed by atoms with Crippen LogP contribution in [-0.2, 0) is 0 Å². The number of nitrogens with zero attached hydrogens (tertiary/aromatic N) is 2. The summed E-state index contributed by atoms with van der Waals surface area (Å²) in [7, 11) is 2.27. The van der Waals surface area contributed by atoms with Crippen LogP contribution in [0.15, 0.2) is 0 Å². The highest BCUT2D eigenvalue weighted by molar-refractivity contribution is 4.92. The predicted molar refractivity (Wildman–Crippen MR) is 82.6 cm³/mol. The third-order valence-electron chi connectivity index (χ3n) is 5.24. The van der Waals surface area contributed by atoms with Crippen LogP contribution in [0.3, 0.4) is 0 Å². The minimum atomic E-state index is 0.453. The standard InChI is InChI=1S/C16H33N3/c1-5-14-12-18(4)10-7-11-19(14)13-15-16(2,3)8-6-9-17-15/h14-15,17H,5-13H2,1-4H3. The van der Waals surface area contributed by atoms with Crippen LogP contribution in [0, 0.1) is 5.41 Å². The Morgan fingerprint density at radius 3 is 2.68 bits per heavy atom. The van der Waals surface area contributed by atoms with E-state index < -0.39 is 0 Å². The van der Waals surface area contributed by atoms with Crippen molar-refractivity contribution in [1.82, 2.24) is 15.1 Å². The van der Waals surface area contributed by atoms with E-state index in [9.17, 15) is 0 Å². The average molecular weight is 267 g/mol. The van der Waals surface area contributed by atoms with Crippen molar-refractivity contribution in [2.45, 2.75) is 58.5 Å². The molecule has 2 rings (SSSR count). The van der Waals surface area contributed by atoms with Gasteiger partial charge in [0.05, 0.1) is 0 Å². The van der Waals surface area contributed by atoms with Gasteiger partial charge in [0.15, 0.2) is 0 Å². The van der Waals surface area contributed by atoms with Crippen molar-refractivity contribution < 1.29 is 0 Å². The van der Waals surface area contributed by atoms with Crippen LogP contribution in [0.5, 0.6) is 0 Å². The fourth-order valence-electron chi connectivity index (χ4n) is 3.74. The van der Waals surface area contributed by atoms with Gasteiger partial charge in [0, 0.05) is 25.2 Å². The molecule has 112 valence electrons. The number of hydrogen-bond acceptors (Lipinski definition) is 3.